The summed E-state index contributed by atoms with van der Waals surface area (Å²) in [6.07, 6.45) is 0. The first-order valence-electron chi connectivity index (χ1n) is 6.01. The highest BCUT2D eigenvalue weighted by Gasteiger charge is 2.16. The summed E-state index contributed by atoms with van der Waals surface area (Å²) in [6, 6.07) is 5.89. The SMILES string of the molecule is COc1cc([C@H]2CNCCN2)ccc1OC(C)=O.Cl. The Kier molecular flexibility index (Phi) is 6.08. The molecule has 0 amide bonds. The largest absolute Gasteiger partial charge is 0.493 e. The molecule has 2 N–H and O–H groups in total. The molecule has 1 aliphatic rings. The molecule has 1 atom stereocenters. The Hall–Kier alpha value is -1.30. The van der Waals surface area contributed by atoms with Crippen LogP contribution in [-0.4, -0.2) is 32.7 Å². The Bertz CT molecular complexity index is 434. The second kappa shape index (κ2) is 7.33. The zero-order valence-corrected chi connectivity index (χ0v) is 11.9. The normalized spacial score (nSPS) is 18.3. The molecular formula is C13H19ClN2O3. The Morgan fingerprint density at radius 2 is 2.11 bits per heavy atom. The lowest BCUT2D eigenvalue weighted by Gasteiger charge is -2.25. The molecule has 1 fully saturated rings. The number of carbonyl (C=O) groups excluding carboxylic acids is 1. The summed E-state index contributed by atoms with van der Waals surface area (Å²) in [5, 5.41) is 6.75. The molecule has 0 bridgehead atoms. The summed E-state index contributed by atoms with van der Waals surface area (Å²) >= 11 is 0. The highest BCUT2D eigenvalue weighted by atomic mass is 35.5. The number of hydrogen-bond donors (Lipinski definition) is 2. The molecule has 1 aliphatic heterocycles. The van der Waals surface area contributed by atoms with Crippen LogP contribution in [0.15, 0.2) is 18.2 Å². The van der Waals surface area contributed by atoms with Crippen LogP contribution >= 0.6 is 12.4 Å². The van der Waals surface area contributed by atoms with Crippen LogP contribution < -0.4 is 20.1 Å². The van der Waals surface area contributed by atoms with Gasteiger partial charge in [0.15, 0.2) is 11.5 Å². The number of piperazine rings is 1. The summed E-state index contributed by atoms with van der Waals surface area (Å²) in [6.45, 7) is 4.19. The second-order valence-electron chi connectivity index (χ2n) is 4.21. The summed E-state index contributed by atoms with van der Waals surface area (Å²) in [5.74, 6) is 0.686. The van der Waals surface area contributed by atoms with Gasteiger partial charge in [0, 0.05) is 32.6 Å². The van der Waals surface area contributed by atoms with Crippen molar-refractivity contribution in [1.29, 1.82) is 0 Å². The van der Waals surface area contributed by atoms with Crippen molar-refractivity contribution in [2.24, 2.45) is 0 Å². The van der Waals surface area contributed by atoms with Crippen molar-refractivity contribution in [1.82, 2.24) is 10.6 Å². The highest BCUT2D eigenvalue weighted by molar-refractivity contribution is 5.85. The smallest absolute Gasteiger partial charge is 0.308 e. The molecule has 1 aromatic rings. The molecule has 0 radical (unpaired) electrons. The van der Waals surface area contributed by atoms with E-state index in [1.54, 1.807) is 13.2 Å². The van der Waals surface area contributed by atoms with Crippen molar-refractivity contribution in [3.8, 4) is 11.5 Å². The maximum absolute atomic E-state index is 11.0. The summed E-state index contributed by atoms with van der Waals surface area (Å²) in [5.41, 5.74) is 1.12. The average molecular weight is 287 g/mol. The van der Waals surface area contributed by atoms with Crippen molar-refractivity contribution in [3.05, 3.63) is 23.8 Å². The van der Waals surface area contributed by atoms with Crippen LogP contribution in [0.25, 0.3) is 0 Å². The molecular weight excluding hydrogens is 268 g/mol. The Balaban J connectivity index is 0.00000180. The molecule has 0 unspecified atom stereocenters. The van der Waals surface area contributed by atoms with E-state index in [0.717, 1.165) is 25.2 Å². The van der Waals surface area contributed by atoms with Crippen molar-refractivity contribution < 1.29 is 14.3 Å². The standard InChI is InChI=1S/C13H18N2O3.ClH/c1-9(16)18-12-4-3-10(7-13(12)17-2)11-8-14-5-6-15-11;/h3-4,7,11,14-15H,5-6,8H2,1-2H3;1H/t11-;/m1./s1. The highest BCUT2D eigenvalue weighted by Crippen LogP contribution is 2.30. The van der Waals surface area contributed by atoms with E-state index in [1.807, 2.05) is 12.1 Å². The first kappa shape index (κ1) is 15.8. The number of halogens is 1. The predicted molar refractivity (Wildman–Crippen MR) is 75.2 cm³/mol. The van der Waals surface area contributed by atoms with E-state index in [9.17, 15) is 4.79 Å². The maximum atomic E-state index is 11.0. The summed E-state index contributed by atoms with van der Waals surface area (Å²) in [4.78, 5) is 11.0. The minimum Gasteiger partial charge on any atom is -0.493 e. The zero-order valence-electron chi connectivity index (χ0n) is 11.1. The van der Waals surface area contributed by atoms with E-state index in [1.165, 1.54) is 6.92 Å². The van der Waals surface area contributed by atoms with E-state index in [0.29, 0.717) is 11.5 Å². The molecule has 1 heterocycles. The first-order valence-corrected chi connectivity index (χ1v) is 6.01. The van der Waals surface area contributed by atoms with Gasteiger partial charge in [-0.3, -0.25) is 4.79 Å². The molecule has 6 heteroatoms. The number of benzene rings is 1. The van der Waals surface area contributed by atoms with Crippen molar-refractivity contribution >= 4 is 18.4 Å². The van der Waals surface area contributed by atoms with E-state index < -0.39 is 0 Å². The summed E-state index contributed by atoms with van der Waals surface area (Å²) < 4.78 is 10.3. The number of methoxy groups -OCH3 is 1. The maximum Gasteiger partial charge on any atom is 0.308 e. The molecule has 5 nitrogen and oxygen atoms in total. The fraction of sp³-hybridized carbons (Fsp3) is 0.462. The predicted octanol–water partition coefficient (Wildman–Crippen LogP) is 1.28. The van der Waals surface area contributed by atoms with Crippen molar-refractivity contribution in [2.75, 3.05) is 26.7 Å². The van der Waals surface area contributed by atoms with Crippen LogP contribution in [-0.2, 0) is 4.79 Å². The van der Waals surface area contributed by atoms with Gasteiger partial charge in [0.2, 0.25) is 0 Å². The van der Waals surface area contributed by atoms with E-state index in [4.69, 9.17) is 9.47 Å². The lowest BCUT2D eigenvalue weighted by atomic mass is 10.0. The number of esters is 1. The number of rotatable bonds is 3. The molecule has 0 aromatic heterocycles. The molecule has 0 spiro atoms. The van der Waals surface area contributed by atoms with Crippen LogP contribution in [0.4, 0.5) is 0 Å². The van der Waals surface area contributed by atoms with Crippen LogP contribution in [0, 0.1) is 0 Å². The average Bonchev–Trinajstić information content (AvgIpc) is 2.39. The molecule has 2 rings (SSSR count). The van der Waals surface area contributed by atoms with E-state index in [-0.39, 0.29) is 24.4 Å². The van der Waals surface area contributed by atoms with Crippen LogP contribution in [0.2, 0.25) is 0 Å². The molecule has 1 aromatic carbocycles. The van der Waals surface area contributed by atoms with Crippen LogP contribution in [0.1, 0.15) is 18.5 Å². The molecule has 106 valence electrons. The quantitative estimate of drug-likeness (QED) is 0.647. The van der Waals surface area contributed by atoms with Gasteiger partial charge in [-0.1, -0.05) is 6.07 Å². The fourth-order valence-corrected chi connectivity index (χ4v) is 2.03. The first-order chi connectivity index (χ1) is 8.70. The Morgan fingerprint density at radius 3 is 2.68 bits per heavy atom. The lowest BCUT2D eigenvalue weighted by molar-refractivity contribution is -0.132. The Morgan fingerprint density at radius 1 is 1.32 bits per heavy atom. The number of ether oxygens (including phenoxy) is 2. The number of carbonyl (C=O) groups is 1. The number of hydrogen-bond acceptors (Lipinski definition) is 5. The fourth-order valence-electron chi connectivity index (χ4n) is 2.03. The van der Waals surface area contributed by atoms with Gasteiger partial charge < -0.3 is 20.1 Å². The van der Waals surface area contributed by atoms with E-state index >= 15 is 0 Å². The van der Waals surface area contributed by atoms with Gasteiger partial charge in [0.25, 0.3) is 0 Å². The monoisotopic (exact) mass is 286 g/mol. The molecule has 1 saturated heterocycles. The van der Waals surface area contributed by atoms with Gasteiger partial charge in [0.05, 0.1) is 7.11 Å². The van der Waals surface area contributed by atoms with E-state index in [2.05, 4.69) is 10.6 Å². The van der Waals surface area contributed by atoms with Gasteiger partial charge >= 0.3 is 5.97 Å². The van der Waals surface area contributed by atoms with Gasteiger partial charge in [0.1, 0.15) is 0 Å². The summed E-state index contributed by atoms with van der Waals surface area (Å²) in [7, 11) is 1.57. The van der Waals surface area contributed by atoms with Crippen molar-refractivity contribution in [2.45, 2.75) is 13.0 Å². The minimum atomic E-state index is -0.349. The van der Waals surface area contributed by atoms with Gasteiger partial charge in [-0.05, 0) is 17.7 Å². The molecule has 0 saturated carbocycles. The third kappa shape index (κ3) is 4.09. The third-order valence-electron chi connectivity index (χ3n) is 2.88. The molecule has 19 heavy (non-hydrogen) atoms. The Labute approximate surface area is 119 Å². The van der Waals surface area contributed by atoms with Crippen molar-refractivity contribution in [3.63, 3.8) is 0 Å². The minimum absolute atomic E-state index is 0. The zero-order chi connectivity index (χ0) is 13.0. The second-order valence-corrected chi connectivity index (χ2v) is 4.21. The van der Waals surface area contributed by atoms with Gasteiger partial charge in [-0.2, -0.15) is 0 Å². The van der Waals surface area contributed by atoms with Crippen LogP contribution in [0.3, 0.4) is 0 Å². The lowest BCUT2D eigenvalue weighted by Crippen LogP contribution is -2.42. The molecule has 0 aliphatic carbocycles. The number of nitrogens with one attached hydrogen (secondary N) is 2. The van der Waals surface area contributed by atoms with Gasteiger partial charge in [-0.25, -0.2) is 0 Å². The van der Waals surface area contributed by atoms with Gasteiger partial charge in [-0.15, -0.1) is 12.4 Å². The van der Waals surface area contributed by atoms with Crippen LogP contribution in [0.5, 0.6) is 11.5 Å². The topological polar surface area (TPSA) is 59.6 Å². The third-order valence-corrected chi connectivity index (χ3v) is 2.88.